The molecule has 3 N–H and O–H groups in total. The Morgan fingerprint density at radius 3 is 2.78 bits per heavy atom. The van der Waals surface area contributed by atoms with Crippen LogP contribution < -0.4 is 11.1 Å². The van der Waals surface area contributed by atoms with Gasteiger partial charge in [-0.15, -0.1) is 0 Å². The number of aryl methyl sites for hydroxylation is 1. The summed E-state index contributed by atoms with van der Waals surface area (Å²) < 4.78 is 0. The summed E-state index contributed by atoms with van der Waals surface area (Å²) in [7, 11) is 0. The first kappa shape index (κ1) is 12.7. The fraction of sp³-hybridized carbons (Fsp3) is 0.231. The van der Waals surface area contributed by atoms with Crippen LogP contribution in [0.2, 0.25) is 0 Å². The Hall–Kier alpha value is -1.75. The molecule has 0 aliphatic rings. The molecule has 0 unspecified atom stereocenters. The highest BCUT2D eigenvalue weighted by molar-refractivity contribution is 7.98. The van der Waals surface area contributed by atoms with E-state index in [4.69, 9.17) is 5.73 Å². The number of para-hydroxylation sites is 1. The molecular formula is C13H16N4S. The Morgan fingerprint density at radius 2 is 2.06 bits per heavy atom. The van der Waals surface area contributed by atoms with Gasteiger partial charge in [0.25, 0.3) is 0 Å². The third-order valence-electron chi connectivity index (χ3n) is 2.57. The van der Waals surface area contributed by atoms with Crippen LogP contribution in [0.5, 0.6) is 0 Å². The average Bonchev–Trinajstić information content (AvgIpc) is 2.38. The second-order valence-electron chi connectivity index (χ2n) is 3.80. The Labute approximate surface area is 111 Å². The number of thioether (sulfide) groups is 1. The molecule has 1 heterocycles. The van der Waals surface area contributed by atoms with Crippen LogP contribution in [0.4, 0.5) is 17.3 Å². The van der Waals surface area contributed by atoms with Gasteiger partial charge in [-0.25, -0.2) is 9.97 Å². The second kappa shape index (κ2) is 5.73. The number of nitrogen functional groups attached to an aromatic ring is 1. The zero-order chi connectivity index (χ0) is 13.0. The van der Waals surface area contributed by atoms with Crippen molar-refractivity contribution in [3.8, 4) is 0 Å². The minimum atomic E-state index is 0.478. The van der Waals surface area contributed by atoms with Crippen LogP contribution in [0.1, 0.15) is 12.5 Å². The third kappa shape index (κ3) is 2.92. The quantitative estimate of drug-likeness (QED) is 0.653. The van der Waals surface area contributed by atoms with E-state index < -0.39 is 0 Å². The number of nitrogens with two attached hydrogens (primary N) is 1. The van der Waals surface area contributed by atoms with Gasteiger partial charge in [-0.05, 0) is 24.3 Å². The topological polar surface area (TPSA) is 63.8 Å². The molecule has 18 heavy (non-hydrogen) atoms. The second-order valence-corrected chi connectivity index (χ2v) is 4.57. The molecule has 0 fully saturated rings. The van der Waals surface area contributed by atoms with Crippen molar-refractivity contribution >= 4 is 29.1 Å². The Bertz CT molecular complexity index is 542. The predicted octanol–water partition coefficient (Wildman–Crippen LogP) is 3.09. The first-order chi connectivity index (χ1) is 8.72. The molecule has 4 nitrogen and oxygen atoms in total. The summed E-state index contributed by atoms with van der Waals surface area (Å²) in [6, 6.07) is 9.91. The Morgan fingerprint density at radius 1 is 1.28 bits per heavy atom. The van der Waals surface area contributed by atoms with Gasteiger partial charge in [0.2, 0.25) is 0 Å². The number of hydrogen-bond acceptors (Lipinski definition) is 5. The standard InChI is InChI=1S/C13H16N4S/c1-3-9-6-4-5-7-10(9)15-12-8-11(14)16-13(17-12)18-2/h4-8H,3H2,1-2H3,(H3,14,15,16,17). The van der Waals surface area contributed by atoms with E-state index in [1.807, 2.05) is 24.5 Å². The van der Waals surface area contributed by atoms with E-state index in [9.17, 15) is 0 Å². The maximum atomic E-state index is 5.75. The fourth-order valence-electron chi connectivity index (χ4n) is 1.69. The Kier molecular flexibility index (Phi) is 4.04. The van der Waals surface area contributed by atoms with Crippen molar-refractivity contribution < 1.29 is 0 Å². The lowest BCUT2D eigenvalue weighted by Gasteiger charge is -2.11. The van der Waals surface area contributed by atoms with Crippen LogP contribution in [-0.2, 0) is 6.42 Å². The van der Waals surface area contributed by atoms with Gasteiger partial charge < -0.3 is 11.1 Å². The van der Waals surface area contributed by atoms with Crippen LogP contribution in [0.3, 0.4) is 0 Å². The van der Waals surface area contributed by atoms with Gasteiger partial charge in [-0.3, -0.25) is 0 Å². The molecule has 0 spiro atoms. The number of aromatic nitrogens is 2. The molecule has 2 rings (SSSR count). The number of anilines is 3. The number of rotatable bonds is 4. The normalized spacial score (nSPS) is 10.3. The highest BCUT2D eigenvalue weighted by atomic mass is 32.2. The molecule has 0 amide bonds. The van der Waals surface area contributed by atoms with Crippen molar-refractivity contribution in [1.29, 1.82) is 0 Å². The maximum absolute atomic E-state index is 5.75. The van der Waals surface area contributed by atoms with Crippen molar-refractivity contribution in [2.75, 3.05) is 17.3 Å². The van der Waals surface area contributed by atoms with E-state index in [2.05, 4.69) is 28.3 Å². The highest BCUT2D eigenvalue weighted by Gasteiger charge is 2.04. The van der Waals surface area contributed by atoms with Crippen molar-refractivity contribution in [2.24, 2.45) is 0 Å². The lowest BCUT2D eigenvalue weighted by Crippen LogP contribution is -2.01. The van der Waals surface area contributed by atoms with Crippen molar-refractivity contribution in [3.63, 3.8) is 0 Å². The highest BCUT2D eigenvalue weighted by Crippen LogP contribution is 2.22. The molecule has 2 aromatic rings. The zero-order valence-electron chi connectivity index (χ0n) is 10.5. The van der Waals surface area contributed by atoms with Crippen LogP contribution in [0.15, 0.2) is 35.5 Å². The fourth-order valence-corrected chi connectivity index (χ4v) is 2.07. The lowest BCUT2D eigenvalue weighted by atomic mass is 10.1. The summed E-state index contributed by atoms with van der Waals surface area (Å²) in [5.74, 6) is 1.21. The largest absolute Gasteiger partial charge is 0.383 e. The van der Waals surface area contributed by atoms with E-state index in [0.29, 0.717) is 11.0 Å². The summed E-state index contributed by atoms with van der Waals surface area (Å²) >= 11 is 1.48. The number of nitrogens with one attached hydrogen (secondary N) is 1. The summed E-state index contributed by atoms with van der Waals surface area (Å²) in [6.07, 6.45) is 2.90. The van der Waals surface area contributed by atoms with Crippen LogP contribution in [-0.4, -0.2) is 16.2 Å². The number of hydrogen-bond donors (Lipinski definition) is 2. The predicted molar refractivity (Wildman–Crippen MR) is 77.3 cm³/mol. The molecule has 5 heteroatoms. The molecule has 94 valence electrons. The summed E-state index contributed by atoms with van der Waals surface area (Å²) in [4.78, 5) is 8.51. The smallest absolute Gasteiger partial charge is 0.191 e. The van der Waals surface area contributed by atoms with Gasteiger partial charge in [-0.1, -0.05) is 36.9 Å². The minimum absolute atomic E-state index is 0.478. The summed E-state index contributed by atoms with van der Waals surface area (Å²) in [6.45, 7) is 2.13. The zero-order valence-corrected chi connectivity index (χ0v) is 11.3. The third-order valence-corrected chi connectivity index (χ3v) is 3.12. The van der Waals surface area contributed by atoms with E-state index in [1.54, 1.807) is 6.07 Å². The monoisotopic (exact) mass is 260 g/mol. The van der Waals surface area contributed by atoms with E-state index >= 15 is 0 Å². The Balaban J connectivity index is 2.30. The van der Waals surface area contributed by atoms with Crippen LogP contribution in [0, 0.1) is 0 Å². The van der Waals surface area contributed by atoms with E-state index in [1.165, 1.54) is 17.3 Å². The van der Waals surface area contributed by atoms with Crippen LogP contribution in [0.25, 0.3) is 0 Å². The molecule has 0 saturated heterocycles. The van der Waals surface area contributed by atoms with Crippen molar-refractivity contribution in [1.82, 2.24) is 9.97 Å². The molecular weight excluding hydrogens is 244 g/mol. The molecule has 0 saturated carbocycles. The summed E-state index contributed by atoms with van der Waals surface area (Å²) in [5.41, 5.74) is 8.07. The van der Waals surface area contributed by atoms with Gasteiger partial charge in [0.1, 0.15) is 11.6 Å². The SMILES string of the molecule is CCc1ccccc1Nc1cc(N)nc(SC)n1. The van der Waals surface area contributed by atoms with Crippen molar-refractivity contribution in [2.45, 2.75) is 18.5 Å². The minimum Gasteiger partial charge on any atom is -0.383 e. The van der Waals surface area contributed by atoms with Gasteiger partial charge in [0, 0.05) is 11.8 Å². The molecule has 1 aromatic carbocycles. The van der Waals surface area contributed by atoms with Crippen LogP contribution >= 0.6 is 11.8 Å². The van der Waals surface area contributed by atoms with E-state index in [0.717, 1.165) is 17.9 Å². The molecule has 0 radical (unpaired) electrons. The maximum Gasteiger partial charge on any atom is 0.191 e. The number of nitrogens with zero attached hydrogens (tertiary/aromatic N) is 2. The van der Waals surface area contributed by atoms with Gasteiger partial charge in [0.15, 0.2) is 5.16 Å². The lowest BCUT2D eigenvalue weighted by molar-refractivity contribution is 0.983. The number of benzene rings is 1. The summed E-state index contributed by atoms with van der Waals surface area (Å²) in [5, 5.41) is 3.97. The molecule has 1 aromatic heterocycles. The van der Waals surface area contributed by atoms with Crippen molar-refractivity contribution in [3.05, 3.63) is 35.9 Å². The molecule has 0 aliphatic heterocycles. The van der Waals surface area contributed by atoms with Gasteiger partial charge in [0.05, 0.1) is 0 Å². The first-order valence-electron chi connectivity index (χ1n) is 5.76. The molecule has 0 atom stereocenters. The van der Waals surface area contributed by atoms with Gasteiger partial charge in [-0.2, -0.15) is 0 Å². The van der Waals surface area contributed by atoms with E-state index in [-0.39, 0.29) is 0 Å². The van der Waals surface area contributed by atoms with Gasteiger partial charge >= 0.3 is 0 Å². The first-order valence-corrected chi connectivity index (χ1v) is 6.99. The molecule has 0 bridgehead atoms. The molecule has 0 aliphatic carbocycles. The average molecular weight is 260 g/mol.